The molecule has 1 amide bonds. The van der Waals surface area contributed by atoms with Gasteiger partial charge in [-0.15, -0.1) is 5.10 Å². The molecule has 27 heavy (non-hydrogen) atoms. The molecule has 0 atom stereocenters. The molecule has 0 saturated heterocycles. The first kappa shape index (κ1) is 18.3. The molecule has 1 heterocycles. The Labute approximate surface area is 155 Å². The number of hydrogen-bond donors (Lipinski definition) is 2. The summed E-state index contributed by atoms with van der Waals surface area (Å²) < 4.78 is 34.4. The molecule has 0 aliphatic heterocycles. The number of ether oxygens (including phenoxy) is 1. The van der Waals surface area contributed by atoms with Gasteiger partial charge in [-0.2, -0.15) is 0 Å². The van der Waals surface area contributed by atoms with Crippen LogP contribution in [0, 0.1) is 0 Å². The normalized spacial score (nSPS) is 11.0. The fraction of sp³-hybridized carbons (Fsp3) is 0.125. The summed E-state index contributed by atoms with van der Waals surface area (Å²) in [6, 6.07) is 10.7. The summed E-state index contributed by atoms with van der Waals surface area (Å²) in [5.41, 5.74) is 1.12. The maximum Gasteiger partial charge on any atom is 0.261 e. The number of sulfonamides is 1. The zero-order chi connectivity index (χ0) is 19.4. The third kappa shape index (κ3) is 4.20. The Morgan fingerprint density at radius 1 is 1.19 bits per heavy atom. The molecule has 0 fully saturated rings. The van der Waals surface area contributed by atoms with E-state index in [1.807, 2.05) is 0 Å². The van der Waals surface area contributed by atoms with Crippen LogP contribution in [0.5, 0.6) is 5.75 Å². The van der Waals surface area contributed by atoms with E-state index in [0.29, 0.717) is 17.1 Å². The molecule has 0 radical (unpaired) electrons. The molecule has 3 aromatic rings. The van der Waals surface area contributed by atoms with Crippen molar-refractivity contribution >= 4 is 27.3 Å². The largest absolute Gasteiger partial charge is 0.495 e. The molecule has 2 N–H and O–H groups in total. The average molecular weight is 388 g/mol. The molecule has 11 heteroatoms. The van der Waals surface area contributed by atoms with Crippen LogP contribution in [0.15, 0.2) is 53.7 Å². The molecule has 0 aliphatic rings. The number of nitrogens with zero attached hydrogens (tertiary/aromatic N) is 4. The highest BCUT2D eigenvalue weighted by molar-refractivity contribution is 7.92. The van der Waals surface area contributed by atoms with Gasteiger partial charge in [-0.25, -0.2) is 13.1 Å². The SMILES string of the molecule is COc1ccc(NS(=O)(=O)c2cccc(-n3cnnn3)c2)cc1NC(C)=O. The molecule has 3 rings (SSSR count). The maximum absolute atomic E-state index is 12.7. The average Bonchev–Trinajstić information content (AvgIpc) is 3.16. The lowest BCUT2D eigenvalue weighted by molar-refractivity contribution is -0.114. The van der Waals surface area contributed by atoms with Gasteiger partial charge < -0.3 is 10.1 Å². The Kier molecular flexibility index (Phi) is 5.03. The number of aromatic nitrogens is 4. The second-order valence-electron chi connectivity index (χ2n) is 5.45. The van der Waals surface area contributed by atoms with Crippen molar-refractivity contribution < 1.29 is 17.9 Å². The molecule has 2 aromatic carbocycles. The predicted octanol–water partition coefficient (Wildman–Crippen LogP) is 1.43. The first-order valence-electron chi connectivity index (χ1n) is 7.71. The van der Waals surface area contributed by atoms with Crippen LogP contribution >= 0.6 is 0 Å². The van der Waals surface area contributed by atoms with Gasteiger partial charge in [0.15, 0.2) is 0 Å². The predicted molar refractivity (Wildman–Crippen MR) is 97.3 cm³/mol. The monoisotopic (exact) mass is 388 g/mol. The van der Waals surface area contributed by atoms with E-state index in [1.54, 1.807) is 18.2 Å². The fourth-order valence-electron chi connectivity index (χ4n) is 2.35. The molecule has 10 nitrogen and oxygen atoms in total. The van der Waals surface area contributed by atoms with Gasteiger partial charge in [0.05, 0.1) is 29.1 Å². The molecule has 0 unspecified atom stereocenters. The van der Waals surface area contributed by atoms with Gasteiger partial charge in [-0.1, -0.05) is 6.07 Å². The molecule has 1 aromatic heterocycles. The van der Waals surface area contributed by atoms with E-state index in [0.717, 1.165) is 0 Å². The topological polar surface area (TPSA) is 128 Å². The first-order valence-corrected chi connectivity index (χ1v) is 9.19. The molecule has 0 spiro atoms. The van der Waals surface area contributed by atoms with Crippen LogP contribution in [0.25, 0.3) is 5.69 Å². The Morgan fingerprint density at radius 2 is 2.00 bits per heavy atom. The highest BCUT2D eigenvalue weighted by atomic mass is 32.2. The van der Waals surface area contributed by atoms with Gasteiger partial charge in [0.25, 0.3) is 10.0 Å². The molecule has 140 valence electrons. The van der Waals surface area contributed by atoms with Crippen molar-refractivity contribution in [3.8, 4) is 11.4 Å². The van der Waals surface area contributed by atoms with Crippen LogP contribution in [-0.2, 0) is 14.8 Å². The van der Waals surface area contributed by atoms with Crippen LogP contribution in [0.1, 0.15) is 6.92 Å². The summed E-state index contributed by atoms with van der Waals surface area (Å²) in [6.07, 6.45) is 1.36. The number of rotatable bonds is 6. The van der Waals surface area contributed by atoms with E-state index in [4.69, 9.17) is 4.74 Å². The minimum Gasteiger partial charge on any atom is -0.495 e. The number of anilines is 2. The van der Waals surface area contributed by atoms with E-state index in [2.05, 4.69) is 25.6 Å². The summed E-state index contributed by atoms with van der Waals surface area (Å²) in [5.74, 6) is 0.108. The van der Waals surface area contributed by atoms with Crippen molar-refractivity contribution in [2.24, 2.45) is 0 Å². The number of hydrogen-bond acceptors (Lipinski definition) is 7. The van der Waals surface area contributed by atoms with Crippen LogP contribution in [0.3, 0.4) is 0 Å². The first-order chi connectivity index (χ1) is 12.9. The van der Waals surface area contributed by atoms with Crippen molar-refractivity contribution in [1.82, 2.24) is 20.2 Å². The van der Waals surface area contributed by atoms with E-state index in [9.17, 15) is 13.2 Å². The minimum atomic E-state index is -3.88. The van der Waals surface area contributed by atoms with Crippen molar-refractivity contribution in [3.05, 3.63) is 48.8 Å². The van der Waals surface area contributed by atoms with Crippen LogP contribution in [0.4, 0.5) is 11.4 Å². The Balaban J connectivity index is 1.91. The van der Waals surface area contributed by atoms with Crippen LogP contribution in [-0.4, -0.2) is 41.6 Å². The number of tetrazole rings is 1. The molecule has 0 aliphatic carbocycles. The van der Waals surface area contributed by atoms with Gasteiger partial charge in [0.1, 0.15) is 12.1 Å². The van der Waals surface area contributed by atoms with Crippen LogP contribution in [0.2, 0.25) is 0 Å². The van der Waals surface area contributed by atoms with E-state index in [1.165, 1.54) is 49.3 Å². The third-order valence-corrected chi connectivity index (χ3v) is 4.88. The highest BCUT2D eigenvalue weighted by Crippen LogP contribution is 2.29. The molecule has 0 bridgehead atoms. The summed E-state index contributed by atoms with van der Waals surface area (Å²) in [7, 11) is -2.42. The summed E-state index contributed by atoms with van der Waals surface area (Å²) in [6.45, 7) is 1.35. The Hall–Kier alpha value is -3.47. The lowest BCUT2D eigenvalue weighted by atomic mass is 10.2. The van der Waals surface area contributed by atoms with Crippen molar-refractivity contribution in [3.63, 3.8) is 0 Å². The standard InChI is InChI=1S/C16H16N6O4S/c1-11(23)18-15-8-12(6-7-16(15)26-2)19-27(24,25)14-5-3-4-13(9-14)22-10-17-20-21-22/h3-10,19H,1-2H3,(H,18,23). The van der Waals surface area contributed by atoms with Crippen molar-refractivity contribution in [2.45, 2.75) is 11.8 Å². The fourth-order valence-corrected chi connectivity index (χ4v) is 3.43. The Bertz CT molecular complexity index is 1070. The second-order valence-corrected chi connectivity index (χ2v) is 7.14. The molecular formula is C16H16N6O4S. The lowest BCUT2D eigenvalue weighted by Crippen LogP contribution is -2.14. The van der Waals surface area contributed by atoms with E-state index >= 15 is 0 Å². The van der Waals surface area contributed by atoms with E-state index in [-0.39, 0.29) is 16.5 Å². The van der Waals surface area contributed by atoms with E-state index < -0.39 is 10.0 Å². The second kappa shape index (κ2) is 7.41. The number of carbonyl (C=O) groups is 1. The number of carbonyl (C=O) groups excluding carboxylic acids is 1. The van der Waals surface area contributed by atoms with Gasteiger partial charge in [0.2, 0.25) is 5.91 Å². The smallest absolute Gasteiger partial charge is 0.261 e. The van der Waals surface area contributed by atoms with Gasteiger partial charge in [-0.3, -0.25) is 9.52 Å². The van der Waals surface area contributed by atoms with Crippen LogP contribution < -0.4 is 14.8 Å². The van der Waals surface area contributed by atoms with Crippen molar-refractivity contribution in [1.29, 1.82) is 0 Å². The summed E-state index contributed by atoms with van der Waals surface area (Å²) in [4.78, 5) is 11.4. The quantitative estimate of drug-likeness (QED) is 0.654. The lowest BCUT2D eigenvalue weighted by Gasteiger charge is -2.13. The van der Waals surface area contributed by atoms with Gasteiger partial charge >= 0.3 is 0 Å². The number of amides is 1. The van der Waals surface area contributed by atoms with Gasteiger partial charge in [0, 0.05) is 6.92 Å². The van der Waals surface area contributed by atoms with Gasteiger partial charge in [-0.05, 0) is 46.8 Å². The third-order valence-electron chi connectivity index (χ3n) is 3.50. The minimum absolute atomic E-state index is 0.0346. The highest BCUT2D eigenvalue weighted by Gasteiger charge is 2.17. The zero-order valence-corrected chi connectivity index (χ0v) is 15.3. The number of benzene rings is 2. The Morgan fingerprint density at radius 3 is 2.67 bits per heavy atom. The number of nitrogens with one attached hydrogen (secondary N) is 2. The maximum atomic E-state index is 12.7. The summed E-state index contributed by atoms with van der Waals surface area (Å²) in [5, 5.41) is 13.4. The summed E-state index contributed by atoms with van der Waals surface area (Å²) >= 11 is 0. The number of methoxy groups -OCH3 is 1. The molecule has 0 saturated carbocycles. The molecular weight excluding hydrogens is 372 g/mol. The zero-order valence-electron chi connectivity index (χ0n) is 14.4. The van der Waals surface area contributed by atoms with Crippen molar-refractivity contribution in [2.75, 3.05) is 17.1 Å².